The van der Waals surface area contributed by atoms with Gasteiger partial charge in [-0.3, -0.25) is 9.59 Å². The third-order valence-corrected chi connectivity index (χ3v) is 9.91. The van der Waals surface area contributed by atoms with Gasteiger partial charge in [0.1, 0.15) is 0 Å². The van der Waals surface area contributed by atoms with Crippen LogP contribution in [0.5, 0.6) is 0 Å². The van der Waals surface area contributed by atoms with Crippen molar-refractivity contribution < 1.29 is 26.4 Å². The van der Waals surface area contributed by atoms with Crippen LogP contribution in [-0.4, -0.2) is 41.7 Å². The van der Waals surface area contributed by atoms with E-state index in [1.165, 1.54) is 24.3 Å². The number of sulfonamides is 2. The number of nitrogens with two attached hydrogens (primary N) is 2. The number of fused-ring (bicyclic) bond motifs is 3. The molecule has 0 spiro atoms. The van der Waals surface area contributed by atoms with Crippen molar-refractivity contribution in [2.24, 2.45) is 10.3 Å². The van der Waals surface area contributed by atoms with Gasteiger partial charge in [-0.25, -0.2) is 27.1 Å². The van der Waals surface area contributed by atoms with Crippen LogP contribution >= 0.6 is 0 Å². The first-order chi connectivity index (χ1) is 21.9. The maximum Gasteiger partial charge on any atom is 0.251 e. The molecule has 0 radical (unpaired) electrons. The highest BCUT2D eigenvalue weighted by Gasteiger charge is 2.25. The van der Waals surface area contributed by atoms with Gasteiger partial charge in [0.05, 0.1) is 9.79 Å². The SMILES string of the molecule is NS(=O)(=O)c1ccc(CCNC(=O)c2ccc3c(c2)-c2ccc(C(=O)NCCc4ccc(S(N)(=O)=O)cc4)c4cccc-3c24)cc1. The van der Waals surface area contributed by atoms with Crippen LogP contribution in [0.1, 0.15) is 31.8 Å². The number of benzene rings is 5. The lowest BCUT2D eigenvalue weighted by molar-refractivity contribution is 0.0946. The molecule has 0 aliphatic heterocycles. The topological polar surface area (TPSA) is 179 Å². The van der Waals surface area contributed by atoms with Crippen LogP contribution in [0.15, 0.2) is 107 Å². The third kappa shape index (κ3) is 6.28. The number of hydrogen-bond acceptors (Lipinski definition) is 6. The van der Waals surface area contributed by atoms with Crippen molar-refractivity contribution in [1.82, 2.24) is 10.6 Å². The molecule has 0 atom stereocenters. The van der Waals surface area contributed by atoms with Crippen molar-refractivity contribution in [2.45, 2.75) is 22.6 Å². The Morgan fingerprint density at radius 1 is 0.565 bits per heavy atom. The highest BCUT2D eigenvalue weighted by Crippen LogP contribution is 2.48. The summed E-state index contributed by atoms with van der Waals surface area (Å²) < 4.78 is 45.9. The Kier molecular flexibility index (Phi) is 8.21. The van der Waals surface area contributed by atoms with E-state index in [4.69, 9.17) is 10.3 Å². The van der Waals surface area contributed by atoms with Gasteiger partial charge in [-0.05, 0) is 99.5 Å². The molecular formula is C34H30N4O6S2. The third-order valence-electron chi connectivity index (χ3n) is 8.05. The molecule has 1 aliphatic rings. The Bertz CT molecular complexity index is 2230. The van der Waals surface area contributed by atoms with Gasteiger partial charge in [0.2, 0.25) is 20.0 Å². The maximum absolute atomic E-state index is 13.3. The normalized spacial score (nSPS) is 12.1. The fraction of sp³-hybridized carbons (Fsp3) is 0.118. The van der Waals surface area contributed by atoms with Crippen molar-refractivity contribution in [3.05, 3.63) is 119 Å². The Hall–Kier alpha value is -4.88. The van der Waals surface area contributed by atoms with Crippen LogP contribution in [0.25, 0.3) is 33.0 Å². The molecule has 234 valence electrons. The van der Waals surface area contributed by atoms with E-state index in [0.29, 0.717) is 37.1 Å². The summed E-state index contributed by atoms with van der Waals surface area (Å²) in [7, 11) is -7.52. The van der Waals surface area contributed by atoms with E-state index >= 15 is 0 Å². The summed E-state index contributed by atoms with van der Waals surface area (Å²) in [6, 6.07) is 27.6. The molecule has 0 saturated carbocycles. The van der Waals surface area contributed by atoms with Gasteiger partial charge in [0.15, 0.2) is 0 Å². The minimum Gasteiger partial charge on any atom is -0.352 e. The first-order valence-corrected chi connectivity index (χ1v) is 17.5. The molecule has 2 amide bonds. The van der Waals surface area contributed by atoms with E-state index in [-0.39, 0.29) is 21.6 Å². The van der Waals surface area contributed by atoms with Gasteiger partial charge in [-0.2, -0.15) is 0 Å². The van der Waals surface area contributed by atoms with E-state index in [9.17, 15) is 26.4 Å². The summed E-state index contributed by atoms with van der Waals surface area (Å²) in [6.07, 6.45) is 1.03. The van der Waals surface area contributed by atoms with Crippen LogP contribution in [-0.2, 0) is 32.9 Å². The highest BCUT2D eigenvalue weighted by molar-refractivity contribution is 7.89. The van der Waals surface area contributed by atoms with Crippen LogP contribution in [0.2, 0.25) is 0 Å². The number of carbonyl (C=O) groups is 2. The standard InChI is InChI=1S/C34H30N4O6S2/c35-45(41,42)24-9-4-21(5-10-24)16-18-37-33(39)23-8-13-26-27-2-1-3-28-30(15-14-29(32(27)28)31(26)20-23)34(40)38-19-17-22-6-11-25(12-7-22)46(36,43)44/h1-15,20H,16-19H2,(H,37,39)(H,38,40)(H2,35,41,42)(H2,36,43,44). The van der Waals surface area contributed by atoms with Crippen molar-refractivity contribution in [3.8, 4) is 22.3 Å². The molecule has 6 N–H and O–H groups in total. The molecule has 6 rings (SSSR count). The average molecular weight is 655 g/mol. The largest absolute Gasteiger partial charge is 0.352 e. The molecule has 0 fully saturated rings. The number of rotatable bonds is 10. The second-order valence-corrected chi connectivity index (χ2v) is 14.2. The fourth-order valence-electron chi connectivity index (χ4n) is 5.73. The fourth-order valence-corrected chi connectivity index (χ4v) is 6.76. The molecule has 10 nitrogen and oxygen atoms in total. The van der Waals surface area contributed by atoms with Gasteiger partial charge in [0.25, 0.3) is 11.8 Å². The zero-order chi connectivity index (χ0) is 32.6. The predicted octanol–water partition coefficient (Wildman–Crippen LogP) is 3.73. The molecule has 46 heavy (non-hydrogen) atoms. The van der Waals surface area contributed by atoms with Gasteiger partial charge >= 0.3 is 0 Å². The lowest BCUT2D eigenvalue weighted by atomic mass is 9.98. The first kappa shape index (κ1) is 31.1. The second kappa shape index (κ2) is 12.1. The zero-order valence-electron chi connectivity index (χ0n) is 24.5. The highest BCUT2D eigenvalue weighted by atomic mass is 32.2. The van der Waals surface area contributed by atoms with Crippen LogP contribution < -0.4 is 20.9 Å². The molecule has 0 saturated heterocycles. The van der Waals surface area contributed by atoms with Crippen molar-refractivity contribution in [2.75, 3.05) is 13.1 Å². The van der Waals surface area contributed by atoms with Crippen LogP contribution in [0, 0.1) is 0 Å². The Labute approximate surface area is 266 Å². The van der Waals surface area contributed by atoms with E-state index < -0.39 is 20.0 Å². The van der Waals surface area contributed by atoms with Crippen molar-refractivity contribution >= 4 is 42.6 Å². The van der Waals surface area contributed by atoms with E-state index in [1.54, 1.807) is 36.4 Å². The Balaban J connectivity index is 1.14. The molecule has 5 aromatic rings. The summed E-state index contributed by atoms with van der Waals surface area (Å²) in [5, 5.41) is 18.0. The van der Waals surface area contributed by atoms with E-state index in [1.807, 2.05) is 36.4 Å². The smallest absolute Gasteiger partial charge is 0.251 e. The van der Waals surface area contributed by atoms with E-state index in [0.717, 1.165) is 44.2 Å². The summed E-state index contributed by atoms with van der Waals surface area (Å²) >= 11 is 0. The number of nitrogens with one attached hydrogen (secondary N) is 2. The van der Waals surface area contributed by atoms with Gasteiger partial charge < -0.3 is 10.6 Å². The quantitative estimate of drug-likeness (QED) is 0.175. The van der Waals surface area contributed by atoms with Crippen molar-refractivity contribution in [3.63, 3.8) is 0 Å². The first-order valence-electron chi connectivity index (χ1n) is 14.4. The molecule has 0 heterocycles. The van der Waals surface area contributed by atoms with Crippen molar-refractivity contribution in [1.29, 1.82) is 0 Å². The maximum atomic E-state index is 13.3. The number of carbonyl (C=O) groups excluding carboxylic acids is 2. The molecule has 12 heteroatoms. The Morgan fingerprint density at radius 2 is 1.09 bits per heavy atom. The average Bonchev–Trinajstić information content (AvgIpc) is 3.35. The molecule has 1 aliphatic carbocycles. The molecule has 0 aromatic heterocycles. The summed E-state index contributed by atoms with van der Waals surface area (Å²) in [4.78, 5) is 26.4. The minimum absolute atomic E-state index is 0.0367. The van der Waals surface area contributed by atoms with Gasteiger partial charge in [-0.15, -0.1) is 0 Å². The van der Waals surface area contributed by atoms with Crippen LogP contribution in [0.3, 0.4) is 0 Å². The number of amides is 2. The van der Waals surface area contributed by atoms with Crippen LogP contribution in [0.4, 0.5) is 0 Å². The molecule has 5 aromatic carbocycles. The minimum atomic E-state index is -3.76. The summed E-state index contributed by atoms with van der Waals surface area (Å²) in [5.74, 6) is -0.452. The molecule has 0 unspecified atom stereocenters. The summed E-state index contributed by atoms with van der Waals surface area (Å²) in [5.41, 5.74) is 6.58. The lowest BCUT2D eigenvalue weighted by Crippen LogP contribution is -2.26. The number of primary sulfonamides is 2. The zero-order valence-corrected chi connectivity index (χ0v) is 26.1. The second-order valence-electron chi connectivity index (χ2n) is 11.0. The van der Waals surface area contributed by atoms with Gasteiger partial charge in [0, 0.05) is 24.2 Å². The molecule has 0 bridgehead atoms. The van der Waals surface area contributed by atoms with Gasteiger partial charge in [-0.1, -0.05) is 54.6 Å². The number of hydrogen-bond donors (Lipinski definition) is 4. The van der Waals surface area contributed by atoms with E-state index in [2.05, 4.69) is 10.6 Å². The Morgan fingerprint density at radius 3 is 1.65 bits per heavy atom. The monoisotopic (exact) mass is 654 g/mol. The predicted molar refractivity (Wildman–Crippen MR) is 176 cm³/mol. The lowest BCUT2D eigenvalue weighted by Gasteiger charge is -2.10. The summed E-state index contributed by atoms with van der Waals surface area (Å²) in [6.45, 7) is 0.718. The molecular weight excluding hydrogens is 625 g/mol.